The summed E-state index contributed by atoms with van der Waals surface area (Å²) in [5.74, 6) is 0.841. The van der Waals surface area contributed by atoms with Crippen molar-refractivity contribution in [2.24, 2.45) is 0 Å². The Labute approximate surface area is 326 Å². The van der Waals surface area contributed by atoms with Crippen LogP contribution in [0.5, 0.6) is 0 Å². The molecule has 0 amide bonds. The van der Waals surface area contributed by atoms with Crippen LogP contribution in [0.25, 0.3) is 50.1 Å². The van der Waals surface area contributed by atoms with Crippen LogP contribution in [0.3, 0.4) is 0 Å². The molecule has 0 radical (unpaired) electrons. The number of nitrogens with zero attached hydrogens (tertiary/aromatic N) is 3. The molecule has 10 aromatic rings. The third-order valence-corrected chi connectivity index (χ3v) is 10.3. The second-order valence-corrected chi connectivity index (χ2v) is 13.9. The molecule has 0 aliphatic heterocycles. The van der Waals surface area contributed by atoms with Gasteiger partial charge >= 0.3 is 0 Å². The van der Waals surface area contributed by atoms with Crippen LogP contribution >= 0.6 is 0 Å². The third-order valence-electron chi connectivity index (χ3n) is 10.3. The fourth-order valence-electron chi connectivity index (χ4n) is 7.71. The first-order chi connectivity index (χ1) is 27.8. The second-order valence-electron chi connectivity index (χ2n) is 13.9. The van der Waals surface area contributed by atoms with Crippen LogP contribution in [0.15, 0.2) is 229 Å². The minimum absolute atomic E-state index is 0.841. The number of benzene rings is 8. The summed E-state index contributed by atoms with van der Waals surface area (Å²) >= 11 is 0. The van der Waals surface area contributed by atoms with Crippen molar-refractivity contribution >= 4 is 56.0 Å². The average molecular weight is 720 g/mol. The van der Waals surface area contributed by atoms with E-state index in [1.165, 1.54) is 0 Å². The molecular weight excluding hydrogens is 683 g/mol. The number of furan rings is 1. The molecule has 4 heteroatoms. The third kappa shape index (κ3) is 6.19. The lowest BCUT2D eigenvalue weighted by Gasteiger charge is -2.25. The largest absolute Gasteiger partial charge is 0.456 e. The zero-order chi connectivity index (χ0) is 37.3. The van der Waals surface area contributed by atoms with Crippen molar-refractivity contribution in [3.63, 3.8) is 0 Å². The number of hydrogen-bond acceptors (Lipinski definition) is 3. The van der Waals surface area contributed by atoms with E-state index in [2.05, 4.69) is 227 Å². The van der Waals surface area contributed by atoms with Crippen molar-refractivity contribution in [3.05, 3.63) is 224 Å². The molecule has 0 fully saturated rings. The van der Waals surface area contributed by atoms with Crippen LogP contribution in [-0.2, 0) is 0 Å². The van der Waals surface area contributed by atoms with E-state index in [1.807, 2.05) is 12.1 Å². The smallest absolute Gasteiger partial charge is 0.135 e. The van der Waals surface area contributed by atoms with Crippen LogP contribution in [0.4, 0.5) is 34.1 Å². The monoisotopic (exact) mass is 719 g/mol. The van der Waals surface area contributed by atoms with E-state index >= 15 is 0 Å². The maximum atomic E-state index is 6.59. The average Bonchev–Trinajstić information content (AvgIpc) is 3.86. The molecule has 2 aromatic heterocycles. The predicted octanol–water partition coefficient (Wildman–Crippen LogP) is 14.7. The molecule has 4 nitrogen and oxygen atoms in total. The number of fused-ring (bicyclic) bond motifs is 2. The van der Waals surface area contributed by atoms with Gasteiger partial charge in [-0.15, -0.1) is 0 Å². The van der Waals surface area contributed by atoms with E-state index in [4.69, 9.17) is 4.42 Å². The van der Waals surface area contributed by atoms with Gasteiger partial charge < -0.3 is 18.8 Å². The Morgan fingerprint density at radius 3 is 1.21 bits per heavy atom. The molecule has 0 aliphatic carbocycles. The van der Waals surface area contributed by atoms with Gasteiger partial charge in [0, 0.05) is 56.1 Å². The summed E-state index contributed by atoms with van der Waals surface area (Å²) in [7, 11) is 0. The topological polar surface area (TPSA) is 24.6 Å². The van der Waals surface area contributed by atoms with E-state index in [0.717, 1.165) is 84.3 Å². The highest BCUT2D eigenvalue weighted by Crippen LogP contribution is 2.40. The van der Waals surface area contributed by atoms with E-state index < -0.39 is 0 Å². The first-order valence-corrected chi connectivity index (χ1v) is 18.9. The van der Waals surface area contributed by atoms with Crippen LogP contribution < -0.4 is 9.80 Å². The van der Waals surface area contributed by atoms with Crippen molar-refractivity contribution in [2.75, 3.05) is 9.80 Å². The maximum Gasteiger partial charge on any atom is 0.135 e. The molecule has 0 saturated heterocycles. The SMILES string of the molecule is c1ccc(N(c2ccccc2)c2ccc(-c3cc4cc5c(cc(-c6ccc(N(c7ccccc7)c7ccccc7)cc6)n5-c5ccccc5)cc4o3)cc2)cc1. The summed E-state index contributed by atoms with van der Waals surface area (Å²) in [5.41, 5.74) is 13.0. The molecule has 56 heavy (non-hydrogen) atoms. The van der Waals surface area contributed by atoms with Crippen molar-refractivity contribution in [3.8, 4) is 28.3 Å². The quantitative estimate of drug-likeness (QED) is 0.148. The molecule has 0 spiro atoms. The summed E-state index contributed by atoms with van der Waals surface area (Å²) in [4.78, 5) is 4.56. The Bertz CT molecular complexity index is 2790. The van der Waals surface area contributed by atoms with Gasteiger partial charge in [0.25, 0.3) is 0 Å². The van der Waals surface area contributed by atoms with Gasteiger partial charge in [-0.1, -0.05) is 103 Å². The van der Waals surface area contributed by atoms with Crippen molar-refractivity contribution < 1.29 is 4.42 Å². The van der Waals surface area contributed by atoms with E-state index in [0.29, 0.717) is 0 Å². The molecule has 0 aliphatic rings. The Kier molecular flexibility index (Phi) is 8.47. The van der Waals surface area contributed by atoms with Gasteiger partial charge in [0.15, 0.2) is 0 Å². The second kappa shape index (κ2) is 14.3. The number of anilines is 6. The molecule has 0 saturated carbocycles. The molecule has 0 bridgehead atoms. The summed E-state index contributed by atoms with van der Waals surface area (Å²) in [5, 5.41) is 2.18. The number of para-hydroxylation sites is 5. The van der Waals surface area contributed by atoms with Gasteiger partial charge in [-0.25, -0.2) is 0 Å². The van der Waals surface area contributed by atoms with Crippen LogP contribution in [0.1, 0.15) is 0 Å². The summed E-state index contributed by atoms with van der Waals surface area (Å²) < 4.78 is 8.95. The molecule has 0 N–H and O–H groups in total. The van der Waals surface area contributed by atoms with E-state index in [1.54, 1.807) is 0 Å². The first kappa shape index (κ1) is 33.0. The highest BCUT2D eigenvalue weighted by Gasteiger charge is 2.18. The maximum absolute atomic E-state index is 6.59. The molecular formula is C52H37N3O. The van der Waals surface area contributed by atoms with E-state index in [-0.39, 0.29) is 0 Å². The number of hydrogen-bond donors (Lipinski definition) is 0. The fraction of sp³-hybridized carbons (Fsp3) is 0. The van der Waals surface area contributed by atoms with Gasteiger partial charge in [0.2, 0.25) is 0 Å². The zero-order valence-corrected chi connectivity index (χ0v) is 30.6. The van der Waals surface area contributed by atoms with Crippen molar-refractivity contribution in [2.45, 2.75) is 0 Å². The highest BCUT2D eigenvalue weighted by atomic mass is 16.3. The normalized spacial score (nSPS) is 11.2. The lowest BCUT2D eigenvalue weighted by molar-refractivity contribution is 0.632. The Morgan fingerprint density at radius 2 is 0.750 bits per heavy atom. The van der Waals surface area contributed by atoms with Gasteiger partial charge in [-0.3, -0.25) is 0 Å². The number of aromatic nitrogens is 1. The summed E-state index contributed by atoms with van der Waals surface area (Å²) in [6.07, 6.45) is 0. The zero-order valence-electron chi connectivity index (χ0n) is 30.6. The molecule has 10 rings (SSSR count). The molecule has 2 heterocycles. The van der Waals surface area contributed by atoms with Gasteiger partial charge in [-0.2, -0.15) is 0 Å². The van der Waals surface area contributed by atoms with Gasteiger partial charge in [0.05, 0.1) is 11.2 Å². The Balaban J connectivity index is 1.02. The van der Waals surface area contributed by atoms with Gasteiger partial charge in [-0.05, 0) is 127 Å². The highest BCUT2D eigenvalue weighted by molar-refractivity contribution is 6.00. The van der Waals surface area contributed by atoms with Crippen molar-refractivity contribution in [1.82, 2.24) is 4.57 Å². The van der Waals surface area contributed by atoms with Crippen LogP contribution in [-0.4, -0.2) is 4.57 Å². The number of rotatable bonds is 9. The summed E-state index contributed by atoms with van der Waals surface area (Å²) in [6, 6.07) is 79.0. The fourth-order valence-corrected chi connectivity index (χ4v) is 7.71. The summed E-state index contributed by atoms with van der Waals surface area (Å²) in [6.45, 7) is 0. The molecule has 0 atom stereocenters. The van der Waals surface area contributed by atoms with Gasteiger partial charge in [0.1, 0.15) is 11.3 Å². The molecule has 8 aromatic carbocycles. The van der Waals surface area contributed by atoms with Crippen LogP contribution in [0, 0.1) is 0 Å². The lowest BCUT2D eigenvalue weighted by atomic mass is 10.1. The van der Waals surface area contributed by atoms with Crippen molar-refractivity contribution in [1.29, 1.82) is 0 Å². The van der Waals surface area contributed by atoms with Crippen LogP contribution in [0.2, 0.25) is 0 Å². The molecule has 0 unspecified atom stereocenters. The Hall–Kier alpha value is -7.56. The predicted molar refractivity (Wildman–Crippen MR) is 233 cm³/mol. The minimum Gasteiger partial charge on any atom is -0.456 e. The minimum atomic E-state index is 0.841. The standard InChI is InChI=1S/C52H37N3O/c1-6-16-42(17-7-1)53(43-18-8-2-9-19-43)47-30-26-38(27-31-47)49-34-40-36-52-41(35-50(40)55(49)46-24-14-5-15-25-46)37-51(56-52)39-28-32-48(33-29-39)54(44-20-10-3-11-21-44)45-22-12-4-13-23-45/h1-37H. The lowest BCUT2D eigenvalue weighted by Crippen LogP contribution is -2.09. The Morgan fingerprint density at radius 1 is 0.339 bits per heavy atom. The first-order valence-electron chi connectivity index (χ1n) is 18.9. The molecule has 266 valence electrons. The van der Waals surface area contributed by atoms with E-state index in [9.17, 15) is 0 Å².